The molecule has 0 bridgehead atoms. The Labute approximate surface area is 148 Å². The van der Waals surface area contributed by atoms with Gasteiger partial charge in [-0.25, -0.2) is 4.79 Å². The van der Waals surface area contributed by atoms with E-state index in [0.29, 0.717) is 58.2 Å². The molecule has 8 heteroatoms. The van der Waals surface area contributed by atoms with Crippen LogP contribution in [0.3, 0.4) is 0 Å². The number of carbonyl (C=O) groups is 4. The third-order valence-corrected chi connectivity index (χ3v) is 4.64. The highest BCUT2D eigenvalue weighted by atomic mass is 16.2. The van der Waals surface area contributed by atoms with Crippen molar-refractivity contribution in [2.45, 2.75) is 58.8 Å². The maximum Gasteiger partial charge on any atom is 0.312 e. The summed E-state index contributed by atoms with van der Waals surface area (Å²) in [5, 5.41) is 5.22. The van der Waals surface area contributed by atoms with E-state index in [0.717, 1.165) is 6.42 Å². The smallest absolute Gasteiger partial charge is 0.312 e. The van der Waals surface area contributed by atoms with E-state index in [9.17, 15) is 19.2 Å². The molecule has 1 heterocycles. The van der Waals surface area contributed by atoms with Gasteiger partial charge < -0.3 is 16.4 Å². The number of urea groups is 1. The third-order valence-electron chi connectivity index (χ3n) is 4.64. The standard InChI is InChI=1S/C17H30N4O4/c1-3-17(2)12-14(23)21(15(17)24)11-6-4-5-8-13(22)19-9-7-10-20-16(18)25/h3-12H2,1-2H3,(H,19,22)(H3,18,20,25). The number of rotatable bonds is 11. The summed E-state index contributed by atoms with van der Waals surface area (Å²) in [6.07, 6.45) is 4.23. The average Bonchev–Trinajstić information content (AvgIpc) is 2.77. The largest absolute Gasteiger partial charge is 0.356 e. The fraction of sp³-hybridized carbons (Fsp3) is 0.765. The Balaban J connectivity index is 2.10. The lowest BCUT2D eigenvalue weighted by atomic mass is 9.86. The quantitative estimate of drug-likeness (QED) is 0.377. The van der Waals surface area contributed by atoms with Crippen LogP contribution < -0.4 is 16.4 Å². The van der Waals surface area contributed by atoms with Crippen molar-refractivity contribution < 1.29 is 19.2 Å². The molecule has 1 aliphatic rings. The van der Waals surface area contributed by atoms with E-state index in [1.807, 2.05) is 13.8 Å². The Bertz CT molecular complexity index is 509. The van der Waals surface area contributed by atoms with Gasteiger partial charge in [0.2, 0.25) is 17.7 Å². The maximum atomic E-state index is 12.3. The molecule has 1 rings (SSSR count). The first kappa shape index (κ1) is 20.9. The Morgan fingerprint density at radius 1 is 1.12 bits per heavy atom. The van der Waals surface area contributed by atoms with Crippen molar-refractivity contribution in [3.63, 3.8) is 0 Å². The van der Waals surface area contributed by atoms with E-state index in [-0.39, 0.29) is 17.7 Å². The fourth-order valence-corrected chi connectivity index (χ4v) is 2.79. The van der Waals surface area contributed by atoms with Gasteiger partial charge in [0.1, 0.15) is 0 Å². The molecule has 1 atom stereocenters. The number of hydrogen-bond donors (Lipinski definition) is 3. The summed E-state index contributed by atoms with van der Waals surface area (Å²) in [4.78, 5) is 47.7. The highest BCUT2D eigenvalue weighted by molar-refractivity contribution is 6.05. The minimum Gasteiger partial charge on any atom is -0.356 e. The zero-order valence-electron chi connectivity index (χ0n) is 15.2. The summed E-state index contributed by atoms with van der Waals surface area (Å²) in [7, 11) is 0. The first-order valence-corrected chi connectivity index (χ1v) is 8.95. The van der Waals surface area contributed by atoms with Gasteiger partial charge in [0.05, 0.1) is 5.41 Å². The van der Waals surface area contributed by atoms with Gasteiger partial charge in [0, 0.05) is 32.5 Å². The van der Waals surface area contributed by atoms with Crippen LogP contribution in [0.5, 0.6) is 0 Å². The molecule has 0 aromatic rings. The van der Waals surface area contributed by atoms with Crippen LogP contribution in [-0.4, -0.2) is 48.3 Å². The van der Waals surface area contributed by atoms with Crippen LogP contribution in [0.1, 0.15) is 58.8 Å². The third kappa shape index (κ3) is 6.72. The zero-order chi connectivity index (χ0) is 18.9. The molecule has 0 aromatic heterocycles. The maximum absolute atomic E-state index is 12.3. The second kappa shape index (κ2) is 10.0. The van der Waals surface area contributed by atoms with Gasteiger partial charge in [-0.2, -0.15) is 0 Å². The molecule has 0 aromatic carbocycles. The molecule has 1 fully saturated rings. The molecule has 1 unspecified atom stereocenters. The minimum absolute atomic E-state index is 0.0361. The molecule has 8 nitrogen and oxygen atoms in total. The predicted molar refractivity (Wildman–Crippen MR) is 93.4 cm³/mol. The van der Waals surface area contributed by atoms with Crippen molar-refractivity contribution in [1.82, 2.24) is 15.5 Å². The van der Waals surface area contributed by atoms with Crippen LogP contribution >= 0.6 is 0 Å². The molecule has 0 radical (unpaired) electrons. The normalized spacial score (nSPS) is 20.0. The topological polar surface area (TPSA) is 122 Å². The van der Waals surface area contributed by atoms with Crippen molar-refractivity contribution in [2.75, 3.05) is 19.6 Å². The van der Waals surface area contributed by atoms with Gasteiger partial charge in [-0.15, -0.1) is 0 Å². The van der Waals surface area contributed by atoms with Crippen molar-refractivity contribution in [1.29, 1.82) is 0 Å². The summed E-state index contributed by atoms with van der Waals surface area (Å²) in [6.45, 7) is 5.14. The SMILES string of the molecule is CCC1(C)CC(=O)N(CCCCCC(=O)NCCCNC(N)=O)C1=O. The summed E-state index contributed by atoms with van der Waals surface area (Å²) in [5.41, 5.74) is 4.39. The van der Waals surface area contributed by atoms with Gasteiger partial charge in [-0.05, 0) is 25.7 Å². The number of carbonyl (C=O) groups excluding carboxylic acids is 4. The lowest BCUT2D eigenvalue weighted by Gasteiger charge is -2.20. The van der Waals surface area contributed by atoms with E-state index in [1.54, 1.807) is 0 Å². The molecular formula is C17H30N4O4. The molecule has 0 saturated carbocycles. The first-order chi connectivity index (χ1) is 11.8. The van der Waals surface area contributed by atoms with Crippen molar-refractivity contribution in [3.05, 3.63) is 0 Å². The monoisotopic (exact) mass is 354 g/mol. The highest BCUT2D eigenvalue weighted by Crippen LogP contribution is 2.35. The van der Waals surface area contributed by atoms with Gasteiger partial charge in [0.15, 0.2) is 0 Å². The molecule has 4 N–H and O–H groups in total. The van der Waals surface area contributed by atoms with Crippen LogP contribution in [0.25, 0.3) is 0 Å². The van der Waals surface area contributed by atoms with Gasteiger partial charge in [-0.3, -0.25) is 19.3 Å². The molecule has 25 heavy (non-hydrogen) atoms. The summed E-state index contributed by atoms with van der Waals surface area (Å²) in [5.74, 6) is -0.190. The van der Waals surface area contributed by atoms with Crippen LogP contribution in [0.15, 0.2) is 0 Å². The molecule has 1 aliphatic heterocycles. The summed E-state index contributed by atoms with van der Waals surface area (Å²) >= 11 is 0. The summed E-state index contributed by atoms with van der Waals surface area (Å²) in [6, 6.07) is -0.569. The van der Waals surface area contributed by atoms with Crippen LogP contribution in [0, 0.1) is 5.41 Å². The molecule has 0 spiro atoms. The molecule has 142 valence electrons. The number of amides is 5. The first-order valence-electron chi connectivity index (χ1n) is 8.95. The highest BCUT2D eigenvalue weighted by Gasteiger charge is 2.46. The number of nitrogens with one attached hydrogen (secondary N) is 2. The van der Waals surface area contributed by atoms with Crippen LogP contribution in [-0.2, 0) is 14.4 Å². The Morgan fingerprint density at radius 2 is 1.80 bits per heavy atom. The number of nitrogens with zero attached hydrogens (tertiary/aromatic N) is 1. The second-order valence-electron chi connectivity index (χ2n) is 6.75. The number of likely N-dealkylation sites (tertiary alicyclic amines) is 1. The van der Waals surface area contributed by atoms with Gasteiger partial charge >= 0.3 is 6.03 Å². The Hall–Kier alpha value is -2.12. The lowest BCUT2D eigenvalue weighted by molar-refractivity contribution is -0.141. The molecule has 5 amide bonds. The van der Waals surface area contributed by atoms with E-state index >= 15 is 0 Å². The van der Waals surface area contributed by atoms with E-state index in [2.05, 4.69) is 10.6 Å². The molecule has 1 saturated heterocycles. The zero-order valence-corrected chi connectivity index (χ0v) is 15.2. The van der Waals surface area contributed by atoms with Crippen molar-refractivity contribution >= 4 is 23.8 Å². The average molecular weight is 354 g/mol. The predicted octanol–water partition coefficient (Wildman–Crippen LogP) is 0.897. The van der Waals surface area contributed by atoms with Crippen LogP contribution in [0.4, 0.5) is 4.79 Å². The summed E-state index contributed by atoms with van der Waals surface area (Å²) < 4.78 is 0. The van der Waals surface area contributed by atoms with Gasteiger partial charge in [0.25, 0.3) is 0 Å². The number of hydrogen-bond acceptors (Lipinski definition) is 4. The Morgan fingerprint density at radius 3 is 2.40 bits per heavy atom. The molecular weight excluding hydrogens is 324 g/mol. The van der Waals surface area contributed by atoms with E-state index in [1.165, 1.54) is 4.90 Å². The van der Waals surface area contributed by atoms with Crippen molar-refractivity contribution in [2.24, 2.45) is 11.1 Å². The number of imide groups is 1. The number of unbranched alkanes of at least 4 members (excludes halogenated alkanes) is 2. The number of primary amides is 1. The van der Waals surface area contributed by atoms with E-state index < -0.39 is 11.4 Å². The van der Waals surface area contributed by atoms with Gasteiger partial charge in [-0.1, -0.05) is 20.3 Å². The van der Waals surface area contributed by atoms with Crippen molar-refractivity contribution in [3.8, 4) is 0 Å². The second-order valence-corrected chi connectivity index (χ2v) is 6.75. The lowest BCUT2D eigenvalue weighted by Crippen LogP contribution is -2.34. The Kier molecular flexibility index (Phi) is 8.37. The van der Waals surface area contributed by atoms with Crippen LogP contribution in [0.2, 0.25) is 0 Å². The number of nitrogens with two attached hydrogens (primary N) is 1. The minimum atomic E-state index is -0.569. The molecule has 0 aliphatic carbocycles. The van der Waals surface area contributed by atoms with E-state index in [4.69, 9.17) is 5.73 Å². The fourth-order valence-electron chi connectivity index (χ4n) is 2.79.